The Hall–Kier alpha value is -4.43. The smallest absolute Gasteiger partial charge is 0.326 e. The molecular weight excluding hydrogens is 512 g/mol. The SMILES string of the molecule is CCN(CCOc1ccc(C[C@H](Nc2ccccc2C(=O)c2ccccc2)C(=O)O)cc1)C(=O)c1cccs1. The summed E-state index contributed by atoms with van der Waals surface area (Å²) in [6.07, 6.45) is 0.211. The Kier molecular flexibility index (Phi) is 9.48. The molecular formula is C31H30N2O5S. The molecule has 0 saturated heterocycles. The maximum atomic E-state index is 13.0. The molecule has 1 amide bonds. The maximum Gasteiger partial charge on any atom is 0.326 e. The first-order valence-corrected chi connectivity index (χ1v) is 13.6. The van der Waals surface area contributed by atoms with Crippen molar-refractivity contribution in [2.24, 2.45) is 0 Å². The van der Waals surface area contributed by atoms with Crippen molar-refractivity contribution in [1.29, 1.82) is 0 Å². The van der Waals surface area contributed by atoms with Gasteiger partial charge in [0, 0.05) is 29.8 Å². The third-order valence-electron chi connectivity index (χ3n) is 6.23. The predicted octanol–water partition coefficient (Wildman–Crippen LogP) is 5.63. The zero-order valence-electron chi connectivity index (χ0n) is 21.6. The molecule has 4 aromatic rings. The normalized spacial score (nSPS) is 11.4. The Bertz CT molecular complexity index is 1390. The summed E-state index contributed by atoms with van der Waals surface area (Å²) in [7, 11) is 0. The van der Waals surface area contributed by atoms with Crippen LogP contribution >= 0.6 is 11.3 Å². The third kappa shape index (κ3) is 7.33. The summed E-state index contributed by atoms with van der Waals surface area (Å²) in [6.45, 7) is 3.32. The van der Waals surface area contributed by atoms with Crippen LogP contribution in [0.5, 0.6) is 5.75 Å². The molecule has 0 spiro atoms. The molecule has 1 heterocycles. The quantitative estimate of drug-likeness (QED) is 0.213. The van der Waals surface area contributed by atoms with Crippen molar-refractivity contribution in [2.75, 3.05) is 25.0 Å². The van der Waals surface area contributed by atoms with Crippen molar-refractivity contribution >= 4 is 34.7 Å². The van der Waals surface area contributed by atoms with Gasteiger partial charge in [-0.25, -0.2) is 4.79 Å². The van der Waals surface area contributed by atoms with Gasteiger partial charge in [-0.3, -0.25) is 9.59 Å². The number of hydrogen-bond acceptors (Lipinski definition) is 6. The number of thiophene rings is 1. The molecule has 3 aromatic carbocycles. The average molecular weight is 543 g/mol. The number of ether oxygens (including phenoxy) is 1. The van der Waals surface area contributed by atoms with Crippen LogP contribution in [-0.2, 0) is 11.2 Å². The van der Waals surface area contributed by atoms with Crippen molar-refractivity contribution < 1.29 is 24.2 Å². The Morgan fingerprint density at radius 3 is 2.31 bits per heavy atom. The molecule has 2 N–H and O–H groups in total. The van der Waals surface area contributed by atoms with E-state index in [4.69, 9.17) is 4.74 Å². The van der Waals surface area contributed by atoms with Gasteiger partial charge in [0.25, 0.3) is 5.91 Å². The Labute approximate surface area is 231 Å². The van der Waals surface area contributed by atoms with Crippen LogP contribution in [0.15, 0.2) is 96.4 Å². The van der Waals surface area contributed by atoms with Gasteiger partial charge in [-0.05, 0) is 48.2 Å². The number of likely N-dealkylation sites (N-methyl/N-ethyl adjacent to an activating group) is 1. The van der Waals surface area contributed by atoms with Crippen molar-refractivity contribution in [3.8, 4) is 5.75 Å². The summed E-state index contributed by atoms with van der Waals surface area (Å²) < 4.78 is 5.83. The van der Waals surface area contributed by atoms with E-state index in [1.807, 2.05) is 42.6 Å². The highest BCUT2D eigenvalue weighted by molar-refractivity contribution is 7.12. The molecule has 1 atom stereocenters. The van der Waals surface area contributed by atoms with Gasteiger partial charge < -0.3 is 20.1 Å². The Morgan fingerprint density at radius 1 is 0.923 bits per heavy atom. The monoisotopic (exact) mass is 542 g/mol. The first-order chi connectivity index (χ1) is 19.0. The lowest BCUT2D eigenvalue weighted by molar-refractivity contribution is -0.137. The maximum absolute atomic E-state index is 13.0. The summed E-state index contributed by atoms with van der Waals surface area (Å²) in [5.74, 6) is -0.571. The van der Waals surface area contributed by atoms with Gasteiger partial charge in [-0.15, -0.1) is 11.3 Å². The zero-order valence-corrected chi connectivity index (χ0v) is 22.4. The standard InChI is InChI=1S/C31H30N2O5S/c1-2-33(30(35)28-13-8-20-39-28)18-19-38-24-16-14-22(15-17-24)21-27(31(36)37)32-26-12-7-6-11-25(26)29(34)23-9-4-3-5-10-23/h3-17,20,27,32H,2,18-19,21H2,1H3,(H,36,37)/t27-/m0/s1. The number of aliphatic carboxylic acids is 1. The van der Waals surface area contributed by atoms with Gasteiger partial charge in [0.15, 0.2) is 5.78 Å². The topological polar surface area (TPSA) is 95.9 Å². The molecule has 4 rings (SSSR count). The molecule has 200 valence electrons. The molecule has 0 radical (unpaired) electrons. The second-order valence-electron chi connectivity index (χ2n) is 8.83. The van der Waals surface area contributed by atoms with Gasteiger partial charge in [0.1, 0.15) is 18.4 Å². The first-order valence-electron chi connectivity index (χ1n) is 12.7. The van der Waals surface area contributed by atoms with E-state index < -0.39 is 12.0 Å². The average Bonchev–Trinajstić information content (AvgIpc) is 3.51. The van der Waals surface area contributed by atoms with Crippen LogP contribution in [0.4, 0.5) is 5.69 Å². The fraction of sp³-hybridized carbons (Fsp3) is 0.194. The van der Waals surface area contributed by atoms with Crippen LogP contribution < -0.4 is 10.1 Å². The van der Waals surface area contributed by atoms with Crippen LogP contribution in [-0.4, -0.2) is 53.4 Å². The number of nitrogens with zero attached hydrogens (tertiary/aromatic N) is 1. The van der Waals surface area contributed by atoms with Crippen molar-refractivity contribution in [3.63, 3.8) is 0 Å². The zero-order chi connectivity index (χ0) is 27.6. The number of carbonyl (C=O) groups is 3. The number of ketones is 1. The van der Waals surface area contributed by atoms with E-state index in [0.717, 1.165) is 5.56 Å². The van der Waals surface area contributed by atoms with Crippen LogP contribution in [0, 0.1) is 0 Å². The van der Waals surface area contributed by atoms with Crippen LogP contribution in [0.25, 0.3) is 0 Å². The molecule has 0 aliphatic heterocycles. The molecule has 7 nitrogen and oxygen atoms in total. The lowest BCUT2D eigenvalue weighted by atomic mass is 10.00. The van der Waals surface area contributed by atoms with E-state index >= 15 is 0 Å². The number of carboxylic acid groups (broad SMARTS) is 1. The minimum absolute atomic E-state index is 0.00861. The lowest BCUT2D eigenvalue weighted by Crippen LogP contribution is -2.34. The largest absolute Gasteiger partial charge is 0.492 e. The highest BCUT2D eigenvalue weighted by Gasteiger charge is 2.21. The first kappa shape index (κ1) is 27.6. The minimum Gasteiger partial charge on any atom is -0.492 e. The van der Waals surface area contributed by atoms with Crippen molar-refractivity contribution in [3.05, 3.63) is 118 Å². The molecule has 1 aromatic heterocycles. The highest BCUT2D eigenvalue weighted by Crippen LogP contribution is 2.22. The van der Waals surface area contributed by atoms with E-state index in [1.165, 1.54) is 11.3 Å². The summed E-state index contributed by atoms with van der Waals surface area (Å²) in [5.41, 5.74) is 2.22. The van der Waals surface area contributed by atoms with Crippen LogP contribution in [0.3, 0.4) is 0 Å². The number of hydrogen-bond donors (Lipinski definition) is 2. The van der Waals surface area contributed by atoms with E-state index in [2.05, 4.69) is 5.32 Å². The van der Waals surface area contributed by atoms with Gasteiger partial charge in [0.2, 0.25) is 0 Å². The molecule has 8 heteroatoms. The lowest BCUT2D eigenvalue weighted by Gasteiger charge is -2.20. The minimum atomic E-state index is -1.02. The number of nitrogens with one attached hydrogen (secondary N) is 1. The summed E-state index contributed by atoms with van der Waals surface area (Å²) >= 11 is 1.42. The fourth-order valence-electron chi connectivity index (χ4n) is 4.13. The van der Waals surface area contributed by atoms with Crippen molar-refractivity contribution in [2.45, 2.75) is 19.4 Å². The second-order valence-corrected chi connectivity index (χ2v) is 9.78. The number of para-hydroxylation sites is 1. The van der Waals surface area contributed by atoms with Gasteiger partial charge in [0.05, 0.1) is 11.4 Å². The Morgan fingerprint density at radius 2 is 1.64 bits per heavy atom. The Balaban J connectivity index is 1.36. The van der Waals surface area contributed by atoms with Gasteiger partial charge >= 0.3 is 5.97 Å². The molecule has 0 unspecified atom stereocenters. The number of carboxylic acids is 1. The third-order valence-corrected chi connectivity index (χ3v) is 7.09. The molecule has 0 aliphatic carbocycles. The number of carbonyl (C=O) groups excluding carboxylic acids is 2. The number of benzene rings is 3. The van der Waals surface area contributed by atoms with Crippen LogP contribution in [0.1, 0.15) is 38.1 Å². The fourth-order valence-corrected chi connectivity index (χ4v) is 4.82. The van der Waals surface area contributed by atoms with Crippen LogP contribution in [0.2, 0.25) is 0 Å². The summed E-state index contributed by atoms with van der Waals surface area (Å²) in [5, 5.41) is 14.8. The highest BCUT2D eigenvalue weighted by atomic mass is 32.1. The van der Waals surface area contributed by atoms with Gasteiger partial charge in [-0.2, -0.15) is 0 Å². The number of amides is 1. The number of anilines is 1. The summed E-state index contributed by atoms with van der Waals surface area (Å²) in [4.78, 5) is 40.1. The van der Waals surface area contributed by atoms with E-state index in [1.54, 1.807) is 65.6 Å². The second kappa shape index (κ2) is 13.4. The van der Waals surface area contributed by atoms with E-state index in [0.29, 0.717) is 47.1 Å². The molecule has 0 fully saturated rings. The molecule has 0 saturated carbocycles. The molecule has 39 heavy (non-hydrogen) atoms. The van der Waals surface area contributed by atoms with E-state index in [9.17, 15) is 19.5 Å². The van der Waals surface area contributed by atoms with Crippen molar-refractivity contribution in [1.82, 2.24) is 4.90 Å². The van der Waals surface area contributed by atoms with E-state index in [-0.39, 0.29) is 18.1 Å². The number of rotatable bonds is 13. The molecule has 0 bridgehead atoms. The van der Waals surface area contributed by atoms with Gasteiger partial charge in [-0.1, -0.05) is 60.7 Å². The summed E-state index contributed by atoms with van der Waals surface area (Å²) in [6, 6.07) is 25.8. The predicted molar refractivity (Wildman–Crippen MR) is 153 cm³/mol. The molecule has 0 aliphatic rings.